The second-order valence-corrected chi connectivity index (χ2v) is 9.09. The summed E-state index contributed by atoms with van der Waals surface area (Å²) in [6, 6.07) is 34.7. The molecule has 0 aliphatic heterocycles. The molecule has 0 aliphatic rings. The molecule has 1 amide bonds. The molecule has 0 bridgehead atoms. The number of fused-ring (bicyclic) bond motifs is 1. The Balaban J connectivity index is 1.54. The fourth-order valence-electron chi connectivity index (χ4n) is 4.76. The van der Waals surface area contributed by atoms with Crippen LogP contribution in [0.4, 0.5) is 5.69 Å². The minimum Gasteiger partial charge on any atom is -0.352 e. The third kappa shape index (κ3) is 5.59. The van der Waals surface area contributed by atoms with Crippen molar-refractivity contribution in [2.75, 3.05) is 0 Å². The van der Waals surface area contributed by atoms with Gasteiger partial charge in [0.1, 0.15) is 0 Å². The Labute approximate surface area is 215 Å². The molecular formula is C31H27N3O3. The van der Waals surface area contributed by atoms with Crippen LogP contribution in [-0.2, 0) is 17.9 Å². The van der Waals surface area contributed by atoms with E-state index in [0.717, 1.165) is 33.2 Å². The predicted molar refractivity (Wildman–Crippen MR) is 145 cm³/mol. The lowest BCUT2D eigenvalue weighted by Gasteiger charge is -2.17. The zero-order chi connectivity index (χ0) is 25.6. The summed E-state index contributed by atoms with van der Waals surface area (Å²) in [5.41, 5.74) is 4.98. The maximum absolute atomic E-state index is 13.2. The second-order valence-electron chi connectivity index (χ2n) is 9.09. The monoisotopic (exact) mass is 489 g/mol. The number of benzene rings is 4. The number of hydrogen-bond acceptors (Lipinski definition) is 3. The summed E-state index contributed by atoms with van der Waals surface area (Å²) < 4.78 is 2.11. The highest BCUT2D eigenvalue weighted by Crippen LogP contribution is 2.36. The highest BCUT2D eigenvalue weighted by molar-refractivity contribution is 5.88. The van der Waals surface area contributed by atoms with Gasteiger partial charge in [-0.2, -0.15) is 0 Å². The van der Waals surface area contributed by atoms with E-state index in [1.54, 1.807) is 12.1 Å². The predicted octanol–water partition coefficient (Wildman–Crippen LogP) is 6.44. The van der Waals surface area contributed by atoms with Crippen molar-refractivity contribution in [1.82, 2.24) is 9.88 Å². The first-order valence-corrected chi connectivity index (χ1v) is 12.2. The van der Waals surface area contributed by atoms with Gasteiger partial charge in [0.05, 0.1) is 4.92 Å². The van der Waals surface area contributed by atoms with Crippen molar-refractivity contribution in [3.63, 3.8) is 0 Å². The van der Waals surface area contributed by atoms with Crippen molar-refractivity contribution in [2.24, 2.45) is 0 Å². The van der Waals surface area contributed by atoms with Crippen molar-refractivity contribution < 1.29 is 9.72 Å². The average Bonchev–Trinajstić information content (AvgIpc) is 3.29. The highest BCUT2D eigenvalue weighted by atomic mass is 16.6. The lowest BCUT2D eigenvalue weighted by atomic mass is 9.88. The van der Waals surface area contributed by atoms with Gasteiger partial charge in [0.2, 0.25) is 5.91 Å². The lowest BCUT2D eigenvalue weighted by molar-refractivity contribution is -0.384. The van der Waals surface area contributed by atoms with Gasteiger partial charge in [0.25, 0.3) is 5.69 Å². The van der Waals surface area contributed by atoms with Crippen LogP contribution in [0.2, 0.25) is 0 Å². The van der Waals surface area contributed by atoms with Crippen LogP contribution in [0.5, 0.6) is 0 Å². The Bertz CT molecular complexity index is 1510. The Hall–Kier alpha value is -4.71. The standard InChI is InChI=1S/C31H27N3O3/c35-31(32-20-23-10-4-1-5-11-23)19-27(25-14-8-3-9-15-25)29-22-33(21-24-12-6-2-7-13-24)30-17-16-26(34(36)37)18-28(29)30/h1-18,22,27H,19-21H2,(H,32,35)/t27-/m0/s1. The van der Waals surface area contributed by atoms with Crippen LogP contribution in [0.15, 0.2) is 115 Å². The van der Waals surface area contributed by atoms with Crippen LogP contribution in [0, 0.1) is 10.1 Å². The fourth-order valence-corrected chi connectivity index (χ4v) is 4.76. The molecule has 6 nitrogen and oxygen atoms in total. The van der Waals surface area contributed by atoms with Gasteiger partial charge in [-0.25, -0.2) is 0 Å². The van der Waals surface area contributed by atoms with Crippen LogP contribution >= 0.6 is 0 Å². The van der Waals surface area contributed by atoms with Crippen molar-refractivity contribution in [1.29, 1.82) is 0 Å². The van der Waals surface area contributed by atoms with Gasteiger partial charge in [-0.05, 0) is 28.3 Å². The number of carbonyl (C=O) groups excluding carboxylic acids is 1. The molecule has 1 heterocycles. The summed E-state index contributed by atoms with van der Waals surface area (Å²) in [7, 11) is 0. The first-order chi connectivity index (χ1) is 18.1. The van der Waals surface area contributed by atoms with E-state index in [1.165, 1.54) is 6.07 Å². The number of nitrogens with one attached hydrogen (secondary N) is 1. The van der Waals surface area contributed by atoms with Crippen LogP contribution in [0.3, 0.4) is 0 Å². The third-order valence-electron chi connectivity index (χ3n) is 6.60. The number of nitro benzene ring substituents is 1. The Morgan fingerprint density at radius 2 is 1.46 bits per heavy atom. The molecule has 0 spiro atoms. The second kappa shape index (κ2) is 10.9. The van der Waals surface area contributed by atoms with Crippen LogP contribution in [0.25, 0.3) is 10.9 Å². The molecule has 184 valence electrons. The molecule has 0 fully saturated rings. The van der Waals surface area contributed by atoms with Crippen molar-refractivity contribution in [2.45, 2.75) is 25.4 Å². The van der Waals surface area contributed by atoms with Crippen LogP contribution in [-0.4, -0.2) is 15.4 Å². The van der Waals surface area contributed by atoms with Gasteiger partial charge in [-0.1, -0.05) is 91.0 Å². The first kappa shape index (κ1) is 24.0. The minimum atomic E-state index is -0.373. The fraction of sp³-hybridized carbons (Fsp3) is 0.129. The number of amides is 1. The number of rotatable bonds is 9. The van der Waals surface area contributed by atoms with Gasteiger partial charge < -0.3 is 9.88 Å². The first-order valence-electron chi connectivity index (χ1n) is 12.2. The molecule has 1 atom stereocenters. The summed E-state index contributed by atoms with van der Waals surface area (Å²) in [5, 5.41) is 15.5. The lowest BCUT2D eigenvalue weighted by Crippen LogP contribution is -2.25. The molecule has 0 saturated heterocycles. The Kier molecular flexibility index (Phi) is 7.08. The molecule has 0 radical (unpaired) electrons. The Morgan fingerprint density at radius 1 is 0.838 bits per heavy atom. The van der Waals surface area contributed by atoms with Crippen molar-refractivity contribution in [3.05, 3.63) is 148 Å². The number of non-ortho nitro benzene ring substituents is 1. The Morgan fingerprint density at radius 3 is 2.11 bits per heavy atom. The summed E-state index contributed by atoms with van der Waals surface area (Å²) in [6.45, 7) is 1.07. The van der Waals surface area contributed by atoms with E-state index in [9.17, 15) is 14.9 Å². The van der Waals surface area contributed by atoms with E-state index < -0.39 is 0 Å². The number of nitrogens with zero attached hydrogens (tertiary/aromatic N) is 2. The maximum atomic E-state index is 13.2. The zero-order valence-corrected chi connectivity index (χ0v) is 20.3. The normalized spacial score (nSPS) is 11.8. The molecule has 1 aromatic heterocycles. The molecule has 1 N–H and O–H groups in total. The molecule has 0 unspecified atom stereocenters. The molecule has 0 saturated carbocycles. The van der Waals surface area contributed by atoms with Crippen molar-refractivity contribution >= 4 is 22.5 Å². The largest absolute Gasteiger partial charge is 0.352 e. The number of hydrogen-bond donors (Lipinski definition) is 1. The number of carbonyl (C=O) groups is 1. The summed E-state index contributed by atoms with van der Waals surface area (Å²) >= 11 is 0. The molecule has 0 aliphatic carbocycles. The minimum absolute atomic E-state index is 0.0338. The number of aromatic nitrogens is 1. The summed E-state index contributed by atoms with van der Waals surface area (Å²) in [4.78, 5) is 24.4. The molecule has 5 aromatic rings. The summed E-state index contributed by atoms with van der Waals surface area (Å²) in [6.07, 6.45) is 2.27. The molecule has 5 rings (SSSR count). The van der Waals surface area contributed by atoms with Gasteiger partial charge in [0, 0.05) is 54.7 Å². The topological polar surface area (TPSA) is 77.2 Å². The van der Waals surface area contributed by atoms with Crippen molar-refractivity contribution in [3.8, 4) is 0 Å². The molecule has 4 aromatic carbocycles. The summed E-state index contributed by atoms with van der Waals surface area (Å²) in [5.74, 6) is -0.342. The van der Waals surface area contributed by atoms with E-state index in [0.29, 0.717) is 13.1 Å². The quantitative estimate of drug-likeness (QED) is 0.191. The van der Waals surface area contributed by atoms with Gasteiger partial charge in [0.15, 0.2) is 0 Å². The van der Waals surface area contributed by atoms with E-state index in [2.05, 4.69) is 22.0 Å². The zero-order valence-electron chi connectivity index (χ0n) is 20.3. The van der Waals surface area contributed by atoms with Gasteiger partial charge in [-0.3, -0.25) is 14.9 Å². The van der Waals surface area contributed by atoms with Crippen LogP contribution < -0.4 is 5.32 Å². The van der Waals surface area contributed by atoms with E-state index in [-0.39, 0.29) is 28.9 Å². The van der Waals surface area contributed by atoms with E-state index >= 15 is 0 Å². The molecular weight excluding hydrogens is 462 g/mol. The highest BCUT2D eigenvalue weighted by Gasteiger charge is 2.24. The van der Waals surface area contributed by atoms with E-state index in [4.69, 9.17) is 0 Å². The third-order valence-corrected chi connectivity index (χ3v) is 6.60. The maximum Gasteiger partial charge on any atom is 0.270 e. The number of nitro groups is 1. The average molecular weight is 490 g/mol. The van der Waals surface area contributed by atoms with Gasteiger partial charge >= 0.3 is 0 Å². The van der Waals surface area contributed by atoms with E-state index in [1.807, 2.05) is 85.1 Å². The molecule has 6 heteroatoms. The van der Waals surface area contributed by atoms with Crippen LogP contribution in [0.1, 0.15) is 34.6 Å². The van der Waals surface area contributed by atoms with Gasteiger partial charge in [-0.15, -0.1) is 0 Å². The SMILES string of the molecule is O=C(C[C@@H](c1ccccc1)c1cn(Cc2ccccc2)c2ccc([N+](=O)[O-])cc12)NCc1ccccc1. The molecule has 37 heavy (non-hydrogen) atoms. The smallest absolute Gasteiger partial charge is 0.270 e.